The third-order valence-corrected chi connectivity index (χ3v) is 6.72. The Morgan fingerprint density at radius 2 is 1.27 bits per heavy atom. The fraction of sp³-hybridized carbons (Fsp3) is 0.821. The maximum atomic E-state index is 10.2. The predicted molar refractivity (Wildman–Crippen MR) is 173 cm³/mol. The number of hydrogen-bond donors (Lipinski definition) is 10. The van der Waals surface area contributed by atoms with Crippen molar-refractivity contribution in [2.45, 2.75) is 116 Å². The Hall–Kier alpha value is -2.50. The summed E-state index contributed by atoms with van der Waals surface area (Å²) in [6.07, 6.45) is 8.11. The molecule has 0 aromatic carbocycles. The standard InChI is InChI=1S/3C6H13NO2.C5H11NO2S.C5H9NO2/c1-4(2)3-5(7)6(8)9;1-3-4(2)5(7)6(8)9;1-2-3-4-5(7)6(8)9;1-9-3-2-4(6)5(7)8;7-5(8)4-2-1-3-6-4/h2*4-5H,3,7H2,1-2H3,(H,8,9);5H,2-4,7H2,1H3,(H,8,9);4H,2-3,6H2,1H3,(H,7,8);4,6H,1-3H2,(H,7,8)/t5-;4-,5-;5-;2*4-/m00000/s1. The molecule has 1 aliphatic heterocycles. The normalized spacial score (nSPS) is 16.8. The van der Waals surface area contributed by atoms with Crippen LogP contribution in [0.1, 0.15) is 86.0 Å². The molecule has 1 saturated heterocycles. The molecule has 1 heterocycles. The fourth-order valence-corrected chi connectivity index (χ4v) is 3.41. The van der Waals surface area contributed by atoms with Gasteiger partial charge in [-0.3, -0.25) is 24.0 Å². The number of carboxylic acid groups (broad SMARTS) is 5. The number of aliphatic carboxylic acids is 5. The third kappa shape index (κ3) is 32.4. The summed E-state index contributed by atoms with van der Waals surface area (Å²) in [4.78, 5) is 50.6. The van der Waals surface area contributed by atoms with Crippen molar-refractivity contribution in [1.29, 1.82) is 0 Å². The minimum absolute atomic E-state index is 0.0718. The zero-order chi connectivity index (χ0) is 35.4. The first-order valence-electron chi connectivity index (χ1n) is 14.7. The molecule has 1 fully saturated rings. The molecule has 1 rings (SSSR count). The highest BCUT2D eigenvalue weighted by molar-refractivity contribution is 7.98. The first-order valence-corrected chi connectivity index (χ1v) is 16.1. The smallest absolute Gasteiger partial charge is 0.320 e. The van der Waals surface area contributed by atoms with E-state index in [4.69, 9.17) is 48.5 Å². The van der Waals surface area contributed by atoms with E-state index in [1.54, 1.807) is 11.8 Å². The average Bonchev–Trinajstić information content (AvgIpc) is 3.50. The van der Waals surface area contributed by atoms with E-state index in [0.717, 1.165) is 44.4 Å². The number of nitrogens with one attached hydrogen (secondary N) is 1. The van der Waals surface area contributed by atoms with Crippen LogP contribution in [-0.4, -0.2) is 104 Å². The second-order valence-electron chi connectivity index (χ2n) is 10.6. The molecule has 44 heavy (non-hydrogen) atoms. The lowest BCUT2D eigenvalue weighted by Crippen LogP contribution is -2.36. The van der Waals surface area contributed by atoms with Gasteiger partial charge in [0, 0.05) is 0 Å². The minimum atomic E-state index is -0.913. The lowest BCUT2D eigenvalue weighted by Gasteiger charge is -2.11. The van der Waals surface area contributed by atoms with Crippen molar-refractivity contribution in [2.75, 3.05) is 18.6 Å². The Labute approximate surface area is 265 Å². The molecule has 0 amide bonds. The van der Waals surface area contributed by atoms with Crippen LogP contribution in [0, 0.1) is 11.8 Å². The molecule has 0 unspecified atom stereocenters. The van der Waals surface area contributed by atoms with Crippen LogP contribution in [0.15, 0.2) is 0 Å². The molecule has 0 aliphatic carbocycles. The van der Waals surface area contributed by atoms with Gasteiger partial charge in [-0.25, -0.2) is 0 Å². The van der Waals surface area contributed by atoms with Gasteiger partial charge in [0.05, 0.1) is 0 Å². The van der Waals surface area contributed by atoms with E-state index in [0.29, 0.717) is 25.2 Å². The molecule has 262 valence electrons. The molecule has 0 radical (unpaired) electrons. The average molecular weight is 658 g/mol. The molecular weight excluding hydrogens is 598 g/mol. The molecule has 0 saturated carbocycles. The fourth-order valence-electron chi connectivity index (χ4n) is 2.92. The summed E-state index contributed by atoms with van der Waals surface area (Å²) in [6, 6.07) is -3.00. The number of carboxylic acids is 5. The Balaban J connectivity index is -0.000000227. The van der Waals surface area contributed by atoms with Gasteiger partial charge in [-0.1, -0.05) is 53.9 Å². The summed E-state index contributed by atoms with van der Waals surface area (Å²) in [5.74, 6) is -3.12. The van der Waals surface area contributed by atoms with Crippen molar-refractivity contribution in [2.24, 2.45) is 34.8 Å². The van der Waals surface area contributed by atoms with Gasteiger partial charge >= 0.3 is 29.8 Å². The van der Waals surface area contributed by atoms with Crippen LogP contribution in [0.5, 0.6) is 0 Å². The van der Waals surface area contributed by atoms with E-state index in [1.807, 2.05) is 40.9 Å². The molecule has 6 atom stereocenters. The van der Waals surface area contributed by atoms with Gasteiger partial charge in [0.1, 0.15) is 30.2 Å². The van der Waals surface area contributed by atoms with Crippen molar-refractivity contribution in [1.82, 2.24) is 5.32 Å². The van der Waals surface area contributed by atoms with Crippen molar-refractivity contribution in [3.8, 4) is 0 Å². The van der Waals surface area contributed by atoms with Gasteiger partial charge in [-0.2, -0.15) is 11.8 Å². The first kappa shape index (κ1) is 48.4. The third-order valence-electron chi connectivity index (χ3n) is 6.08. The highest BCUT2D eigenvalue weighted by Crippen LogP contribution is 2.05. The summed E-state index contributed by atoms with van der Waals surface area (Å²) in [5, 5.41) is 44.4. The van der Waals surface area contributed by atoms with Gasteiger partial charge in [-0.15, -0.1) is 0 Å². The Morgan fingerprint density at radius 3 is 1.50 bits per heavy atom. The lowest BCUT2D eigenvalue weighted by molar-refractivity contribution is -0.140. The number of hydrogen-bond acceptors (Lipinski definition) is 11. The lowest BCUT2D eigenvalue weighted by atomic mass is 10.0. The van der Waals surface area contributed by atoms with Gasteiger partial charge in [0.25, 0.3) is 0 Å². The zero-order valence-electron chi connectivity index (χ0n) is 27.1. The van der Waals surface area contributed by atoms with Crippen LogP contribution in [0.3, 0.4) is 0 Å². The van der Waals surface area contributed by atoms with Gasteiger partial charge in [0.15, 0.2) is 0 Å². The highest BCUT2D eigenvalue weighted by atomic mass is 32.2. The Kier molecular flexibility index (Phi) is 33.6. The van der Waals surface area contributed by atoms with Crippen LogP contribution >= 0.6 is 11.8 Å². The van der Waals surface area contributed by atoms with E-state index in [1.165, 1.54) is 0 Å². The van der Waals surface area contributed by atoms with E-state index < -0.39 is 54.0 Å². The van der Waals surface area contributed by atoms with Crippen LogP contribution in [0.2, 0.25) is 0 Å². The number of thioether (sulfide) groups is 1. The zero-order valence-corrected chi connectivity index (χ0v) is 27.9. The largest absolute Gasteiger partial charge is 0.480 e. The summed E-state index contributed by atoms with van der Waals surface area (Å²) < 4.78 is 0. The van der Waals surface area contributed by atoms with Gasteiger partial charge in [-0.05, 0) is 62.5 Å². The van der Waals surface area contributed by atoms with Crippen molar-refractivity contribution >= 4 is 41.6 Å². The molecule has 0 bridgehead atoms. The predicted octanol–water partition coefficient (Wildman–Crippen LogP) is 1.45. The van der Waals surface area contributed by atoms with Gasteiger partial charge in [0.2, 0.25) is 0 Å². The van der Waals surface area contributed by atoms with Crippen LogP contribution in [0.4, 0.5) is 0 Å². The topological polar surface area (TPSA) is 303 Å². The maximum Gasteiger partial charge on any atom is 0.320 e. The number of nitrogens with two attached hydrogens (primary N) is 4. The first-order chi connectivity index (χ1) is 20.3. The number of carbonyl (C=O) groups is 5. The molecule has 0 spiro atoms. The monoisotopic (exact) mass is 657 g/mol. The minimum Gasteiger partial charge on any atom is -0.480 e. The summed E-state index contributed by atoms with van der Waals surface area (Å²) in [6.45, 7) is 10.5. The molecule has 14 N–H and O–H groups in total. The number of unbranched alkanes of at least 4 members (excludes halogenated alkanes) is 1. The van der Waals surface area contributed by atoms with Crippen molar-refractivity contribution < 1.29 is 49.5 Å². The van der Waals surface area contributed by atoms with E-state index in [2.05, 4.69) is 5.32 Å². The Morgan fingerprint density at radius 1 is 0.795 bits per heavy atom. The van der Waals surface area contributed by atoms with E-state index >= 15 is 0 Å². The molecule has 16 heteroatoms. The molecule has 15 nitrogen and oxygen atoms in total. The number of rotatable bonds is 15. The molecule has 1 aliphatic rings. The maximum absolute atomic E-state index is 10.2. The summed E-state index contributed by atoms with van der Waals surface area (Å²) in [7, 11) is 0. The molecule has 0 aromatic heterocycles. The second-order valence-corrected chi connectivity index (χ2v) is 11.6. The van der Waals surface area contributed by atoms with E-state index in [9.17, 15) is 24.0 Å². The van der Waals surface area contributed by atoms with E-state index in [-0.39, 0.29) is 12.0 Å². The van der Waals surface area contributed by atoms with Crippen molar-refractivity contribution in [3.63, 3.8) is 0 Å². The molecule has 0 aromatic rings. The van der Waals surface area contributed by atoms with Gasteiger partial charge < -0.3 is 53.8 Å². The Bertz CT molecular complexity index is 762. The molecular formula is C28H59N5O10S. The second kappa shape index (κ2) is 30.5. The van der Waals surface area contributed by atoms with Crippen molar-refractivity contribution in [3.05, 3.63) is 0 Å². The SMILES string of the molecule is CC(C)C[C@H](N)C(=O)O.CCCC[C@H](N)C(=O)O.CC[C@H](C)[C@H](N)C(=O)O.CSCC[C@H](N)C(=O)O.O=C(O)[C@@H]1CCCN1. The quantitative estimate of drug-likeness (QED) is 0.119. The highest BCUT2D eigenvalue weighted by Gasteiger charge is 2.20. The van der Waals surface area contributed by atoms with Crippen LogP contribution < -0.4 is 28.3 Å². The van der Waals surface area contributed by atoms with Crippen LogP contribution in [-0.2, 0) is 24.0 Å². The summed E-state index contributed by atoms with van der Waals surface area (Å²) in [5.41, 5.74) is 20.9. The van der Waals surface area contributed by atoms with Crippen LogP contribution in [0.25, 0.3) is 0 Å². The summed E-state index contributed by atoms with van der Waals surface area (Å²) >= 11 is 1.60.